The van der Waals surface area contributed by atoms with E-state index in [1.807, 2.05) is 24.3 Å². The summed E-state index contributed by atoms with van der Waals surface area (Å²) >= 11 is 0. The molecule has 0 aliphatic carbocycles. The van der Waals surface area contributed by atoms with Gasteiger partial charge in [-0.3, -0.25) is 9.59 Å². The average molecular weight is 469 g/mol. The van der Waals surface area contributed by atoms with Crippen molar-refractivity contribution >= 4 is 11.8 Å². The topological polar surface area (TPSA) is 106 Å². The number of rotatable bonds is 6. The van der Waals surface area contributed by atoms with Gasteiger partial charge in [0.05, 0.1) is 24.7 Å². The molecular weight excluding hydrogens is 446 g/mol. The predicted octanol–water partition coefficient (Wildman–Crippen LogP) is 5.13. The van der Waals surface area contributed by atoms with Gasteiger partial charge in [-0.05, 0) is 54.8 Å². The molecule has 0 saturated heterocycles. The minimum absolute atomic E-state index is 0.0316. The first-order valence-corrected chi connectivity index (χ1v) is 11.5. The number of hydrogen-bond donors (Lipinski definition) is 1. The summed E-state index contributed by atoms with van der Waals surface area (Å²) in [6, 6.07) is 19.8. The Labute approximate surface area is 202 Å². The Kier molecular flexibility index (Phi) is 6.11. The van der Waals surface area contributed by atoms with E-state index in [1.165, 1.54) is 6.07 Å². The highest BCUT2D eigenvalue weighted by Crippen LogP contribution is 2.40. The standard InChI is InChI=1S/C28H23NO6/c29-15-20-13-23-22(28(31)32)9-10-33-27(23)14-26(20)35-21-7-5-18(6-8-21)24(30)12-17-11-19-3-1-2-4-25(19)34-16-17/h1-8,13-14,17,22H,9-12,16H2,(H,31,32). The molecule has 3 aromatic rings. The number of benzene rings is 3. The van der Waals surface area contributed by atoms with Crippen molar-refractivity contribution in [2.75, 3.05) is 13.2 Å². The lowest BCUT2D eigenvalue weighted by atomic mass is 9.90. The van der Waals surface area contributed by atoms with Crippen molar-refractivity contribution in [3.8, 4) is 29.1 Å². The van der Waals surface area contributed by atoms with Crippen molar-refractivity contribution < 1.29 is 28.9 Å². The Morgan fingerprint density at radius 2 is 1.86 bits per heavy atom. The Morgan fingerprint density at radius 1 is 1.06 bits per heavy atom. The summed E-state index contributed by atoms with van der Waals surface area (Å²) in [5.74, 6) is 0.513. The quantitative estimate of drug-likeness (QED) is 0.499. The van der Waals surface area contributed by atoms with Crippen LogP contribution < -0.4 is 14.2 Å². The van der Waals surface area contributed by atoms with Gasteiger partial charge in [0.25, 0.3) is 0 Å². The summed E-state index contributed by atoms with van der Waals surface area (Å²) in [5.41, 5.74) is 2.40. The van der Waals surface area contributed by atoms with Gasteiger partial charge in [0.15, 0.2) is 5.78 Å². The van der Waals surface area contributed by atoms with E-state index in [1.54, 1.807) is 30.3 Å². The SMILES string of the molecule is N#Cc1cc2c(cc1Oc1ccc(C(=O)CC3COc4ccccc4C3)cc1)OCCC2C(=O)O. The lowest BCUT2D eigenvalue weighted by Gasteiger charge is -2.24. The fourth-order valence-electron chi connectivity index (χ4n) is 4.58. The van der Waals surface area contributed by atoms with Crippen LogP contribution in [0.25, 0.3) is 0 Å². The first kappa shape index (κ1) is 22.5. The lowest BCUT2D eigenvalue weighted by molar-refractivity contribution is -0.139. The number of aliphatic carboxylic acids is 1. The van der Waals surface area contributed by atoms with Gasteiger partial charge in [0.2, 0.25) is 0 Å². The molecule has 2 aliphatic rings. The van der Waals surface area contributed by atoms with Crippen LogP contribution in [0.1, 0.15) is 45.8 Å². The van der Waals surface area contributed by atoms with Crippen molar-refractivity contribution in [3.63, 3.8) is 0 Å². The summed E-state index contributed by atoms with van der Waals surface area (Å²) in [5, 5.41) is 19.1. The van der Waals surface area contributed by atoms with Crippen LogP contribution in [0.4, 0.5) is 0 Å². The smallest absolute Gasteiger partial charge is 0.311 e. The van der Waals surface area contributed by atoms with Crippen molar-refractivity contribution in [1.82, 2.24) is 0 Å². The summed E-state index contributed by atoms with van der Waals surface area (Å²) in [6.45, 7) is 0.799. The zero-order chi connectivity index (χ0) is 24.4. The molecule has 7 heteroatoms. The van der Waals surface area contributed by atoms with Crippen LogP contribution in [0.15, 0.2) is 60.7 Å². The summed E-state index contributed by atoms with van der Waals surface area (Å²) < 4.78 is 17.3. The molecule has 0 bridgehead atoms. The second kappa shape index (κ2) is 9.51. The first-order chi connectivity index (χ1) is 17.0. The van der Waals surface area contributed by atoms with Crippen LogP contribution in [0.2, 0.25) is 0 Å². The van der Waals surface area contributed by atoms with Crippen LogP contribution >= 0.6 is 0 Å². The fourth-order valence-corrected chi connectivity index (χ4v) is 4.58. The maximum Gasteiger partial charge on any atom is 0.311 e. The second-order valence-corrected chi connectivity index (χ2v) is 8.77. The van der Waals surface area contributed by atoms with E-state index in [4.69, 9.17) is 14.2 Å². The van der Waals surface area contributed by atoms with Crippen LogP contribution in [-0.4, -0.2) is 30.1 Å². The number of para-hydroxylation sites is 1. The van der Waals surface area contributed by atoms with Crippen LogP contribution in [0.3, 0.4) is 0 Å². The number of fused-ring (bicyclic) bond motifs is 2. The van der Waals surface area contributed by atoms with Gasteiger partial charge in [-0.2, -0.15) is 5.26 Å². The normalized spacial score (nSPS) is 18.1. The van der Waals surface area contributed by atoms with E-state index in [0.29, 0.717) is 42.1 Å². The van der Waals surface area contributed by atoms with E-state index in [2.05, 4.69) is 6.07 Å². The Bertz CT molecular complexity index is 1320. The fraction of sp³-hybridized carbons (Fsp3) is 0.250. The third-order valence-electron chi connectivity index (χ3n) is 6.40. The highest BCUT2D eigenvalue weighted by atomic mass is 16.5. The largest absolute Gasteiger partial charge is 0.493 e. The number of hydrogen-bond acceptors (Lipinski definition) is 6. The van der Waals surface area contributed by atoms with E-state index in [9.17, 15) is 20.0 Å². The van der Waals surface area contributed by atoms with Crippen molar-refractivity contribution in [3.05, 3.63) is 82.9 Å². The van der Waals surface area contributed by atoms with E-state index < -0.39 is 11.9 Å². The van der Waals surface area contributed by atoms with Gasteiger partial charge < -0.3 is 19.3 Å². The molecule has 7 nitrogen and oxygen atoms in total. The predicted molar refractivity (Wildman–Crippen MR) is 126 cm³/mol. The van der Waals surface area contributed by atoms with Gasteiger partial charge in [-0.25, -0.2) is 0 Å². The molecule has 2 atom stereocenters. The number of carboxylic acid groups (broad SMARTS) is 1. The summed E-state index contributed by atoms with van der Waals surface area (Å²) in [6.07, 6.45) is 1.55. The second-order valence-electron chi connectivity index (χ2n) is 8.77. The monoisotopic (exact) mass is 469 g/mol. The highest BCUT2D eigenvalue weighted by Gasteiger charge is 2.29. The lowest BCUT2D eigenvalue weighted by Crippen LogP contribution is -2.23. The van der Waals surface area contributed by atoms with Crippen LogP contribution in [0.5, 0.6) is 23.0 Å². The number of carbonyl (C=O) groups is 2. The minimum atomic E-state index is -0.948. The van der Waals surface area contributed by atoms with Crippen LogP contribution in [0, 0.1) is 17.2 Å². The molecule has 1 N–H and O–H groups in total. The minimum Gasteiger partial charge on any atom is -0.493 e. The van der Waals surface area contributed by atoms with E-state index >= 15 is 0 Å². The molecule has 0 saturated carbocycles. The van der Waals surface area contributed by atoms with Gasteiger partial charge in [0, 0.05) is 29.5 Å². The number of ketones is 1. The molecule has 0 amide bonds. The maximum atomic E-state index is 12.8. The first-order valence-electron chi connectivity index (χ1n) is 11.5. The van der Waals surface area contributed by atoms with Gasteiger partial charge >= 0.3 is 5.97 Å². The van der Waals surface area contributed by atoms with Crippen molar-refractivity contribution in [1.29, 1.82) is 5.26 Å². The molecule has 2 aliphatic heterocycles. The molecule has 2 unspecified atom stereocenters. The molecular formula is C28H23NO6. The third kappa shape index (κ3) is 4.69. The molecule has 35 heavy (non-hydrogen) atoms. The Hall–Kier alpha value is -4.31. The molecule has 0 spiro atoms. The van der Waals surface area contributed by atoms with E-state index in [-0.39, 0.29) is 29.6 Å². The third-order valence-corrected chi connectivity index (χ3v) is 6.40. The van der Waals surface area contributed by atoms with Gasteiger partial charge in [-0.1, -0.05) is 18.2 Å². The molecule has 2 heterocycles. The number of carbonyl (C=O) groups excluding carboxylic acids is 1. The molecule has 0 aromatic heterocycles. The Morgan fingerprint density at radius 3 is 2.63 bits per heavy atom. The highest BCUT2D eigenvalue weighted by molar-refractivity contribution is 5.96. The molecule has 0 fully saturated rings. The summed E-state index contributed by atoms with van der Waals surface area (Å²) in [4.78, 5) is 24.4. The van der Waals surface area contributed by atoms with Crippen LogP contribution in [-0.2, 0) is 11.2 Å². The molecule has 3 aromatic carbocycles. The Balaban J connectivity index is 1.28. The zero-order valence-electron chi connectivity index (χ0n) is 18.9. The average Bonchev–Trinajstić information content (AvgIpc) is 2.88. The summed E-state index contributed by atoms with van der Waals surface area (Å²) in [7, 11) is 0. The van der Waals surface area contributed by atoms with Gasteiger partial charge in [-0.15, -0.1) is 0 Å². The number of Topliss-reactive ketones (excluding diaryl/α,β-unsaturated/α-hetero) is 1. The van der Waals surface area contributed by atoms with Crippen molar-refractivity contribution in [2.45, 2.75) is 25.2 Å². The molecule has 0 radical (unpaired) electrons. The molecule has 5 rings (SSSR count). The number of carboxylic acids is 1. The maximum absolute atomic E-state index is 12.8. The van der Waals surface area contributed by atoms with E-state index in [0.717, 1.165) is 17.7 Å². The molecule has 176 valence electrons. The number of ether oxygens (including phenoxy) is 3. The zero-order valence-corrected chi connectivity index (χ0v) is 18.9. The van der Waals surface area contributed by atoms with Crippen molar-refractivity contribution in [2.24, 2.45) is 5.92 Å². The number of nitriles is 1. The number of nitrogens with zero attached hydrogens (tertiary/aromatic N) is 1. The van der Waals surface area contributed by atoms with Gasteiger partial charge in [0.1, 0.15) is 29.1 Å².